The van der Waals surface area contributed by atoms with E-state index in [0.29, 0.717) is 11.6 Å². The van der Waals surface area contributed by atoms with E-state index in [2.05, 4.69) is 20.6 Å². The molecule has 0 aliphatic heterocycles. The molecular weight excluding hydrogens is 539 g/mol. The van der Waals surface area contributed by atoms with Crippen LogP contribution in [0.1, 0.15) is 11.1 Å². The topological polar surface area (TPSA) is 229 Å². The molecule has 0 bridgehead atoms. The second-order valence-corrected chi connectivity index (χ2v) is 7.62. The van der Waals surface area contributed by atoms with Gasteiger partial charge in [-0.05, 0) is 17.7 Å². The molecule has 0 saturated carbocycles. The number of nitrogens with one attached hydrogen (secondary N) is 2. The number of allylic oxidation sites excluding steroid dienone is 1. The Morgan fingerprint density at radius 2 is 1.86 bits per heavy atom. The standard InChI is InChI=1S/C18H14N4O9S.Cr.Na.H2O/c1-31-18(25)19-11-4-2-3-9-5-6-13(23)16(15(9)11)21-20-12-7-10(22(26)27)8-14(17(12)24)32(28,29)30;;;/h2-8,20,24H,1H3,(H,19,25)(H,28,29,30);;;1H2/q;;+1;/b21-16+;;;. The molecule has 0 fully saturated rings. The first-order valence-corrected chi connectivity index (χ1v) is 10.00. The Hall–Kier alpha value is -2.81. The number of aromatic hydroxyl groups is 1. The molecule has 35 heavy (non-hydrogen) atoms. The zero-order valence-electron chi connectivity index (χ0n) is 18.0. The number of amides is 1. The van der Waals surface area contributed by atoms with Crippen molar-refractivity contribution in [1.82, 2.24) is 0 Å². The van der Waals surface area contributed by atoms with E-state index < -0.39 is 48.9 Å². The van der Waals surface area contributed by atoms with Gasteiger partial charge in [-0.1, -0.05) is 18.2 Å². The zero-order chi connectivity index (χ0) is 23.6. The smallest absolute Gasteiger partial charge is 0.504 e. The quantitative estimate of drug-likeness (QED) is 0.108. The first-order chi connectivity index (χ1) is 15.0. The predicted molar refractivity (Wildman–Crippen MR) is 115 cm³/mol. The van der Waals surface area contributed by atoms with Crippen LogP contribution in [0.25, 0.3) is 6.08 Å². The van der Waals surface area contributed by atoms with Crippen LogP contribution in [0.15, 0.2) is 46.4 Å². The average molecular weight is 555 g/mol. The van der Waals surface area contributed by atoms with Gasteiger partial charge in [-0.15, -0.1) is 0 Å². The van der Waals surface area contributed by atoms with Crippen molar-refractivity contribution >= 4 is 50.8 Å². The van der Waals surface area contributed by atoms with Crippen LogP contribution in [0.5, 0.6) is 5.75 Å². The van der Waals surface area contributed by atoms with Crippen molar-refractivity contribution in [2.75, 3.05) is 17.9 Å². The van der Waals surface area contributed by atoms with Crippen molar-refractivity contribution in [3.8, 4) is 5.75 Å². The van der Waals surface area contributed by atoms with Gasteiger partial charge in [0.25, 0.3) is 15.8 Å². The van der Waals surface area contributed by atoms with Gasteiger partial charge in [0.2, 0.25) is 5.78 Å². The van der Waals surface area contributed by atoms with E-state index >= 15 is 0 Å². The van der Waals surface area contributed by atoms with Crippen molar-refractivity contribution in [2.45, 2.75) is 4.90 Å². The number of phenolic OH excluding ortho intramolecular Hbond substituents is 1. The second-order valence-electron chi connectivity index (χ2n) is 6.23. The molecule has 3 rings (SSSR count). The Morgan fingerprint density at radius 1 is 1.20 bits per heavy atom. The number of fused-ring (bicyclic) bond motifs is 1. The number of hydrogen-bond acceptors (Lipinski definition) is 10. The van der Waals surface area contributed by atoms with Crippen LogP contribution in [0.4, 0.5) is 21.9 Å². The molecule has 1 amide bonds. The normalized spacial score (nSPS) is 12.9. The molecule has 0 spiro atoms. The van der Waals surface area contributed by atoms with Crippen molar-refractivity contribution in [3.63, 3.8) is 0 Å². The van der Waals surface area contributed by atoms with Crippen LogP contribution in [0, 0.1) is 10.1 Å². The van der Waals surface area contributed by atoms with Gasteiger partial charge in [0.05, 0.1) is 17.7 Å². The van der Waals surface area contributed by atoms with Crippen molar-refractivity contribution in [1.29, 1.82) is 0 Å². The Labute approximate surface area is 230 Å². The van der Waals surface area contributed by atoms with Gasteiger partial charge in [-0.2, -0.15) is 13.5 Å². The predicted octanol–water partition coefficient (Wildman–Crippen LogP) is -1.69. The van der Waals surface area contributed by atoms with E-state index in [4.69, 9.17) is 0 Å². The summed E-state index contributed by atoms with van der Waals surface area (Å²) in [6, 6.07) is 5.92. The number of carbonyl (C=O) groups excluding carboxylic acids is 2. The monoisotopic (exact) mass is 555 g/mol. The maximum Gasteiger partial charge on any atom is 1.00 e. The van der Waals surface area contributed by atoms with E-state index in [1.54, 1.807) is 12.1 Å². The van der Waals surface area contributed by atoms with Gasteiger partial charge >= 0.3 is 35.7 Å². The number of nitrogens with zero attached hydrogens (tertiary/aromatic N) is 2. The summed E-state index contributed by atoms with van der Waals surface area (Å²) in [6.07, 6.45) is 1.84. The molecule has 0 radical (unpaired) electrons. The average Bonchev–Trinajstić information content (AvgIpc) is 2.73. The number of nitro benzene ring substituents is 1. The van der Waals surface area contributed by atoms with Crippen LogP contribution < -0.4 is 40.3 Å². The number of ketones is 1. The maximum atomic E-state index is 12.5. The summed E-state index contributed by atoms with van der Waals surface area (Å²) in [4.78, 5) is 33.1. The fourth-order valence-electron chi connectivity index (χ4n) is 2.81. The number of rotatable bonds is 5. The SMILES string of the molecule is COC(=O)Nc1cccc2c1/C(=N/Nc1cc([N+](=O)[O-])cc(S(=O)(=O)O)c1O)C(=O)C=C2.O.[Cr].[Na+]. The summed E-state index contributed by atoms with van der Waals surface area (Å²) in [6.45, 7) is 0. The first-order valence-electron chi connectivity index (χ1n) is 8.56. The number of non-ortho nitro benzene ring substituents is 1. The number of benzene rings is 2. The molecule has 0 saturated heterocycles. The van der Waals surface area contributed by atoms with Crippen LogP contribution in [0.2, 0.25) is 0 Å². The molecule has 2 aromatic carbocycles. The second kappa shape index (κ2) is 12.8. The van der Waals surface area contributed by atoms with Crippen molar-refractivity contribution in [2.24, 2.45) is 5.10 Å². The fourth-order valence-corrected chi connectivity index (χ4v) is 3.44. The number of ether oxygens (including phenoxy) is 1. The number of hydrogen-bond donors (Lipinski definition) is 4. The van der Waals surface area contributed by atoms with Crippen molar-refractivity contribution in [3.05, 3.63) is 57.6 Å². The molecule has 0 aromatic heterocycles. The van der Waals surface area contributed by atoms with E-state index in [1.807, 2.05) is 0 Å². The molecule has 17 heteroatoms. The third-order valence-corrected chi connectivity index (χ3v) is 5.11. The zero-order valence-corrected chi connectivity index (χ0v) is 22.1. The van der Waals surface area contributed by atoms with Crippen molar-refractivity contribution < 1.29 is 89.7 Å². The van der Waals surface area contributed by atoms with E-state index in [1.165, 1.54) is 18.2 Å². The number of nitro groups is 1. The summed E-state index contributed by atoms with van der Waals surface area (Å²) in [5, 5.41) is 27.6. The van der Waals surface area contributed by atoms with Gasteiger partial charge in [-0.3, -0.25) is 30.2 Å². The molecule has 180 valence electrons. The van der Waals surface area contributed by atoms with Gasteiger partial charge in [0, 0.05) is 35.1 Å². The third-order valence-electron chi connectivity index (χ3n) is 4.24. The maximum absolute atomic E-state index is 12.5. The van der Waals surface area contributed by atoms with E-state index in [0.717, 1.165) is 13.2 Å². The van der Waals surface area contributed by atoms with Crippen LogP contribution in [-0.4, -0.2) is 53.2 Å². The molecule has 1 aliphatic carbocycles. The minimum Gasteiger partial charge on any atom is -0.504 e. The molecule has 0 heterocycles. The molecule has 14 nitrogen and oxygen atoms in total. The van der Waals surface area contributed by atoms with Crippen LogP contribution in [-0.2, 0) is 37.0 Å². The first kappa shape index (κ1) is 32.2. The van der Waals surface area contributed by atoms with Gasteiger partial charge in [0.1, 0.15) is 16.3 Å². The summed E-state index contributed by atoms with van der Waals surface area (Å²) in [5.74, 6) is -1.67. The van der Waals surface area contributed by atoms with E-state index in [9.17, 15) is 37.8 Å². The Bertz CT molecular complexity index is 1330. The van der Waals surface area contributed by atoms with Crippen LogP contribution in [0.3, 0.4) is 0 Å². The van der Waals surface area contributed by atoms with E-state index in [-0.39, 0.29) is 69.4 Å². The minimum atomic E-state index is -5.02. The van der Waals surface area contributed by atoms with Gasteiger partial charge in [-0.25, -0.2) is 4.79 Å². The van der Waals surface area contributed by atoms with Gasteiger partial charge < -0.3 is 15.3 Å². The number of hydrazone groups is 1. The molecule has 6 N–H and O–H groups in total. The van der Waals surface area contributed by atoms with Gasteiger partial charge in [0.15, 0.2) is 5.75 Å². The minimum absolute atomic E-state index is 0. The number of anilines is 2. The molecule has 2 aromatic rings. The Kier molecular flexibility index (Phi) is 11.7. The summed E-state index contributed by atoms with van der Waals surface area (Å²) in [5.41, 5.74) is 1.44. The third kappa shape index (κ3) is 7.10. The summed E-state index contributed by atoms with van der Waals surface area (Å²) >= 11 is 0. The van der Waals surface area contributed by atoms with Crippen LogP contribution >= 0.6 is 0 Å². The summed E-state index contributed by atoms with van der Waals surface area (Å²) < 4.78 is 36.7. The summed E-state index contributed by atoms with van der Waals surface area (Å²) in [7, 11) is -3.88. The Balaban J connectivity index is 0.00000385. The largest absolute Gasteiger partial charge is 1.00 e. The Morgan fingerprint density at radius 3 is 2.43 bits per heavy atom. The fraction of sp³-hybridized carbons (Fsp3) is 0.0556. The number of methoxy groups -OCH3 is 1. The number of carbonyl (C=O) groups is 2. The molecule has 1 aliphatic rings. The molecule has 0 atom stereocenters. The molecular formula is C18H16CrN4NaO10S+. The number of phenols is 1. The molecule has 0 unspecified atom stereocenters.